The number of rotatable bonds is 9. The average Bonchev–Trinajstić information content (AvgIpc) is 2.66. The number of unbranched alkanes of at least 4 members (excludes halogenated alkanes) is 1. The molecule has 4 nitrogen and oxygen atoms in total. The predicted molar refractivity (Wildman–Crippen MR) is 79.4 cm³/mol. The number of ether oxygens (including phenoxy) is 1. The third-order valence-corrected chi connectivity index (χ3v) is 3.61. The van der Waals surface area contributed by atoms with Crippen molar-refractivity contribution in [2.45, 2.75) is 66.0 Å². The second kappa shape index (κ2) is 8.33. The van der Waals surface area contributed by atoms with Crippen LogP contribution in [0.25, 0.3) is 0 Å². The van der Waals surface area contributed by atoms with Crippen LogP contribution in [0.4, 0.5) is 0 Å². The molecule has 1 aromatic heterocycles. The van der Waals surface area contributed by atoms with E-state index in [9.17, 15) is 0 Å². The molecule has 0 radical (unpaired) electrons. The quantitative estimate of drug-likeness (QED) is 0.700. The van der Waals surface area contributed by atoms with E-state index in [1.807, 2.05) is 0 Å². The number of aryl methyl sites for hydroxylation is 1. The van der Waals surface area contributed by atoms with Crippen LogP contribution in [0.2, 0.25) is 0 Å². The number of nitrogens with two attached hydrogens (primary N) is 1. The van der Waals surface area contributed by atoms with Crippen LogP contribution < -0.4 is 5.73 Å². The molecule has 0 spiro atoms. The molecule has 1 rings (SSSR count). The molecule has 0 saturated heterocycles. The summed E-state index contributed by atoms with van der Waals surface area (Å²) in [4.78, 5) is 0. The topological polar surface area (TPSA) is 53.1 Å². The molecule has 0 bridgehead atoms. The summed E-state index contributed by atoms with van der Waals surface area (Å²) in [5.41, 5.74) is 9.70. The van der Waals surface area contributed by atoms with Crippen LogP contribution in [0, 0.1) is 13.8 Å². The minimum absolute atomic E-state index is 0.232. The Morgan fingerprint density at radius 1 is 1.26 bits per heavy atom. The summed E-state index contributed by atoms with van der Waals surface area (Å²) in [6.07, 6.45) is 4.24. The van der Waals surface area contributed by atoms with Gasteiger partial charge in [-0.05, 0) is 38.7 Å². The van der Waals surface area contributed by atoms with Gasteiger partial charge in [-0.3, -0.25) is 4.68 Å². The Bertz CT molecular complexity index is 374. The minimum Gasteiger partial charge on any atom is -0.380 e. The molecule has 19 heavy (non-hydrogen) atoms. The van der Waals surface area contributed by atoms with Crippen molar-refractivity contribution in [3.8, 4) is 0 Å². The molecule has 1 atom stereocenters. The van der Waals surface area contributed by atoms with E-state index in [-0.39, 0.29) is 6.04 Å². The van der Waals surface area contributed by atoms with E-state index in [1.165, 1.54) is 17.7 Å². The van der Waals surface area contributed by atoms with Gasteiger partial charge in [-0.15, -0.1) is 0 Å². The van der Waals surface area contributed by atoms with Gasteiger partial charge in [0.05, 0.1) is 18.8 Å². The lowest BCUT2D eigenvalue weighted by Crippen LogP contribution is -2.22. The molecule has 4 heteroatoms. The molecule has 110 valence electrons. The van der Waals surface area contributed by atoms with E-state index in [4.69, 9.17) is 10.5 Å². The highest BCUT2D eigenvalue weighted by atomic mass is 16.5. The molecule has 0 aromatic carbocycles. The summed E-state index contributed by atoms with van der Waals surface area (Å²) < 4.78 is 7.65. The van der Waals surface area contributed by atoms with Gasteiger partial charge in [-0.1, -0.05) is 20.3 Å². The van der Waals surface area contributed by atoms with Crippen LogP contribution >= 0.6 is 0 Å². The van der Waals surface area contributed by atoms with Crippen LogP contribution in [0.5, 0.6) is 0 Å². The Kier molecular flexibility index (Phi) is 7.10. The van der Waals surface area contributed by atoms with Crippen molar-refractivity contribution >= 4 is 0 Å². The summed E-state index contributed by atoms with van der Waals surface area (Å²) in [6, 6.07) is 0.232. The van der Waals surface area contributed by atoms with Crippen LogP contribution in [0.15, 0.2) is 0 Å². The van der Waals surface area contributed by atoms with Gasteiger partial charge in [0.25, 0.3) is 0 Å². The molecule has 0 saturated carbocycles. The lowest BCUT2D eigenvalue weighted by molar-refractivity contribution is 0.120. The fourth-order valence-corrected chi connectivity index (χ4v) is 2.15. The van der Waals surface area contributed by atoms with Crippen molar-refractivity contribution in [3.05, 3.63) is 17.0 Å². The van der Waals surface area contributed by atoms with E-state index in [2.05, 4.69) is 37.5 Å². The van der Waals surface area contributed by atoms with Crippen molar-refractivity contribution in [2.75, 3.05) is 13.2 Å². The first kappa shape index (κ1) is 16.2. The zero-order valence-corrected chi connectivity index (χ0v) is 12.9. The Morgan fingerprint density at radius 2 is 2.00 bits per heavy atom. The Morgan fingerprint density at radius 3 is 2.63 bits per heavy atom. The monoisotopic (exact) mass is 267 g/mol. The van der Waals surface area contributed by atoms with Gasteiger partial charge in [0.2, 0.25) is 0 Å². The molecular formula is C15H29N3O. The van der Waals surface area contributed by atoms with Gasteiger partial charge in [-0.2, -0.15) is 5.10 Å². The Balaban J connectivity index is 2.53. The highest BCUT2D eigenvalue weighted by molar-refractivity contribution is 5.25. The molecular weight excluding hydrogens is 238 g/mol. The van der Waals surface area contributed by atoms with Crippen molar-refractivity contribution in [1.29, 1.82) is 0 Å². The molecule has 0 amide bonds. The Hall–Kier alpha value is -0.870. The van der Waals surface area contributed by atoms with Crippen molar-refractivity contribution < 1.29 is 4.74 Å². The van der Waals surface area contributed by atoms with Gasteiger partial charge in [0, 0.05) is 18.3 Å². The normalized spacial score (nSPS) is 12.9. The molecule has 0 aliphatic rings. The average molecular weight is 267 g/mol. The van der Waals surface area contributed by atoms with Crippen molar-refractivity contribution in [3.63, 3.8) is 0 Å². The maximum Gasteiger partial charge on any atom is 0.0662 e. The molecule has 2 N–H and O–H groups in total. The predicted octanol–water partition coefficient (Wildman–Crippen LogP) is 2.60. The third kappa shape index (κ3) is 4.96. The van der Waals surface area contributed by atoms with Gasteiger partial charge in [-0.25, -0.2) is 0 Å². The second-order valence-electron chi connectivity index (χ2n) is 5.21. The molecule has 1 aromatic rings. The first-order valence-corrected chi connectivity index (χ1v) is 7.46. The van der Waals surface area contributed by atoms with E-state index in [0.717, 1.165) is 44.7 Å². The van der Waals surface area contributed by atoms with Crippen molar-refractivity contribution in [2.24, 2.45) is 5.73 Å². The molecule has 0 aliphatic heterocycles. The highest BCUT2D eigenvalue weighted by Gasteiger charge is 2.13. The van der Waals surface area contributed by atoms with Crippen molar-refractivity contribution in [1.82, 2.24) is 9.78 Å². The van der Waals surface area contributed by atoms with Crippen LogP contribution in [0.1, 0.15) is 50.1 Å². The summed E-state index contributed by atoms with van der Waals surface area (Å²) in [7, 11) is 0. The fraction of sp³-hybridized carbons (Fsp3) is 0.800. The van der Waals surface area contributed by atoms with E-state index < -0.39 is 0 Å². The molecule has 0 aliphatic carbocycles. The summed E-state index contributed by atoms with van der Waals surface area (Å²) in [5.74, 6) is 0. The Labute approximate surface area is 117 Å². The van der Waals surface area contributed by atoms with Crippen LogP contribution in [-0.4, -0.2) is 29.0 Å². The van der Waals surface area contributed by atoms with Gasteiger partial charge in [0.1, 0.15) is 0 Å². The number of hydrogen-bond acceptors (Lipinski definition) is 3. The number of nitrogens with zero attached hydrogens (tertiary/aromatic N) is 2. The highest BCUT2D eigenvalue weighted by Crippen LogP contribution is 2.15. The number of aromatic nitrogens is 2. The molecule has 1 heterocycles. The first-order chi connectivity index (χ1) is 9.10. The van der Waals surface area contributed by atoms with Crippen LogP contribution in [0.3, 0.4) is 0 Å². The van der Waals surface area contributed by atoms with E-state index in [0.29, 0.717) is 0 Å². The standard InChI is InChI=1S/C15H29N3O/c1-5-7-9-19-10-8-18-13(4)15(12(3)17-18)11-14(16)6-2/h14H,5-11,16H2,1-4H3. The van der Waals surface area contributed by atoms with Gasteiger partial charge in [0.15, 0.2) is 0 Å². The molecule has 1 unspecified atom stereocenters. The lowest BCUT2D eigenvalue weighted by atomic mass is 10.0. The SMILES string of the molecule is CCCCOCCn1nc(C)c(CC(N)CC)c1C. The summed E-state index contributed by atoms with van der Waals surface area (Å²) in [5, 5.41) is 4.60. The zero-order valence-electron chi connectivity index (χ0n) is 12.9. The lowest BCUT2D eigenvalue weighted by Gasteiger charge is -2.09. The number of hydrogen-bond donors (Lipinski definition) is 1. The maximum atomic E-state index is 6.05. The second-order valence-corrected chi connectivity index (χ2v) is 5.21. The maximum absolute atomic E-state index is 6.05. The zero-order chi connectivity index (χ0) is 14.3. The van der Waals surface area contributed by atoms with E-state index in [1.54, 1.807) is 0 Å². The summed E-state index contributed by atoms with van der Waals surface area (Å²) in [6.45, 7) is 10.9. The largest absolute Gasteiger partial charge is 0.380 e. The van der Waals surface area contributed by atoms with Crippen LogP contribution in [-0.2, 0) is 17.7 Å². The summed E-state index contributed by atoms with van der Waals surface area (Å²) >= 11 is 0. The third-order valence-electron chi connectivity index (χ3n) is 3.61. The van der Waals surface area contributed by atoms with Gasteiger partial charge >= 0.3 is 0 Å². The van der Waals surface area contributed by atoms with E-state index >= 15 is 0 Å². The van der Waals surface area contributed by atoms with Gasteiger partial charge < -0.3 is 10.5 Å². The molecule has 0 fully saturated rings. The minimum atomic E-state index is 0.232. The smallest absolute Gasteiger partial charge is 0.0662 e. The fourth-order valence-electron chi connectivity index (χ4n) is 2.15. The first-order valence-electron chi connectivity index (χ1n) is 7.46.